The van der Waals surface area contributed by atoms with Gasteiger partial charge in [0.15, 0.2) is 0 Å². The normalized spacial score (nSPS) is 12.3. The molecule has 0 radical (unpaired) electrons. The van der Waals surface area contributed by atoms with Crippen LogP contribution in [0.5, 0.6) is 0 Å². The number of rotatable bonds is 3. The van der Waals surface area contributed by atoms with Gasteiger partial charge in [0.2, 0.25) is 0 Å². The van der Waals surface area contributed by atoms with E-state index in [1.54, 1.807) is 12.1 Å². The van der Waals surface area contributed by atoms with Crippen molar-refractivity contribution in [1.29, 1.82) is 0 Å². The zero-order valence-electron chi connectivity index (χ0n) is 10.4. The SMILES string of the molecule is CC(Nc1c(Cl)cc(F)cc1Br)c1ccc(Cl)c(Cl)c1. The zero-order chi connectivity index (χ0) is 14.9. The lowest BCUT2D eigenvalue weighted by atomic mass is 10.1. The maximum Gasteiger partial charge on any atom is 0.125 e. The van der Waals surface area contributed by atoms with Gasteiger partial charge >= 0.3 is 0 Å². The monoisotopic (exact) mass is 395 g/mol. The molecule has 20 heavy (non-hydrogen) atoms. The van der Waals surface area contributed by atoms with Crippen LogP contribution in [0.3, 0.4) is 0 Å². The second kappa shape index (κ2) is 6.52. The Balaban J connectivity index is 2.27. The van der Waals surface area contributed by atoms with E-state index in [0.717, 1.165) is 5.56 Å². The van der Waals surface area contributed by atoms with E-state index in [1.165, 1.54) is 12.1 Å². The van der Waals surface area contributed by atoms with Crippen molar-refractivity contribution in [3.05, 3.63) is 61.3 Å². The zero-order valence-corrected chi connectivity index (χ0v) is 14.2. The van der Waals surface area contributed by atoms with Crippen LogP contribution in [0.1, 0.15) is 18.5 Å². The van der Waals surface area contributed by atoms with E-state index in [4.69, 9.17) is 34.8 Å². The summed E-state index contributed by atoms with van der Waals surface area (Å²) in [6.45, 7) is 1.95. The Morgan fingerprint density at radius 2 is 1.75 bits per heavy atom. The molecule has 1 nitrogen and oxygen atoms in total. The van der Waals surface area contributed by atoms with E-state index in [0.29, 0.717) is 25.2 Å². The van der Waals surface area contributed by atoms with Gasteiger partial charge in [0.25, 0.3) is 0 Å². The van der Waals surface area contributed by atoms with Crippen LogP contribution < -0.4 is 5.32 Å². The first-order valence-electron chi connectivity index (χ1n) is 5.74. The van der Waals surface area contributed by atoms with Gasteiger partial charge in [-0.2, -0.15) is 0 Å². The van der Waals surface area contributed by atoms with Crippen molar-refractivity contribution in [2.75, 3.05) is 5.32 Å². The molecule has 2 rings (SSSR count). The summed E-state index contributed by atoms with van der Waals surface area (Å²) >= 11 is 21.2. The lowest BCUT2D eigenvalue weighted by Gasteiger charge is -2.18. The summed E-state index contributed by atoms with van der Waals surface area (Å²) in [5, 5.41) is 4.52. The maximum atomic E-state index is 13.2. The van der Waals surface area contributed by atoms with Crippen LogP contribution in [0, 0.1) is 5.82 Å². The summed E-state index contributed by atoms with van der Waals surface area (Å²) in [5.41, 5.74) is 1.58. The molecular formula is C14H10BrCl3FN. The Labute approximate surface area is 140 Å². The average molecular weight is 398 g/mol. The summed E-state index contributed by atoms with van der Waals surface area (Å²) in [5.74, 6) is -0.394. The van der Waals surface area contributed by atoms with E-state index in [2.05, 4.69) is 21.2 Å². The lowest BCUT2D eigenvalue weighted by Crippen LogP contribution is -2.07. The van der Waals surface area contributed by atoms with E-state index < -0.39 is 5.82 Å². The van der Waals surface area contributed by atoms with Gasteiger partial charge in [-0.3, -0.25) is 0 Å². The molecule has 1 unspecified atom stereocenters. The summed E-state index contributed by atoms with van der Waals surface area (Å²) in [6, 6.07) is 7.94. The van der Waals surface area contributed by atoms with Crippen molar-refractivity contribution in [2.24, 2.45) is 0 Å². The minimum atomic E-state index is -0.394. The summed E-state index contributed by atoms with van der Waals surface area (Å²) < 4.78 is 13.8. The van der Waals surface area contributed by atoms with Crippen LogP contribution in [0.2, 0.25) is 15.1 Å². The van der Waals surface area contributed by atoms with Crippen LogP contribution in [0.25, 0.3) is 0 Å². The second-order valence-corrected chi connectivity index (χ2v) is 6.36. The Morgan fingerprint density at radius 3 is 2.35 bits per heavy atom. The van der Waals surface area contributed by atoms with Crippen molar-refractivity contribution in [2.45, 2.75) is 13.0 Å². The molecule has 2 aromatic carbocycles. The van der Waals surface area contributed by atoms with Crippen molar-refractivity contribution in [3.8, 4) is 0 Å². The molecule has 0 fully saturated rings. The molecule has 0 aromatic heterocycles. The molecule has 0 bridgehead atoms. The van der Waals surface area contributed by atoms with Gasteiger partial charge in [-0.15, -0.1) is 0 Å². The fourth-order valence-corrected chi connectivity index (χ4v) is 2.99. The number of benzene rings is 2. The first-order valence-corrected chi connectivity index (χ1v) is 7.67. The molecule has 106 valence electrons. The number of hydrogen-bond donors (Lipinski definition) is 1. The highest BCUT2D eigenvalue weighted by atomic mass is 79.9. The van der Waals surface area contributed by atoms with Crippen LogP contribution in [-0.4, -0.2) is 0 Å². The third-order valence-electron chi connectivity index (χ3n) is 2.81. The highest BCUT2D eigenvalue weighted by molar-refractivity contribution is 9.10. The molecular weight excluding hydrogens is 387 g/mol. The van der Waals surface area contributed by atoms with Gasteiger partial charge in [0, 0.05) is 10.5 Å². The van der Waals surface area contributed by atoms with Crippen molar-refractivity contribution < 1.29 is 4.39 Å². The largest absolute Gasteiger partial charge is 0.376 e. The van der Waals surface area contributed by atoms with Gasteiger partial charge in [0.05, 0.1) is 20.8 Å². The Hall–Kier alpha value is -0.480. The van der Waals surface area contributed by atoms with E-state index in [-0.39, 0.29) is 6.04 Å². The van der Waals surface area contributed by atoms with Crippen molar-refractivity contribution in [1.82, 2.24) is 0 Å². The van der Waals surface area contributed by atoms with Gasteiger partial charge in [-0.1, -0.05) is 40.9 Å². The minimum absolute atomic E-state index is 0.0657. The molecule has 0 spiro atoms. The topological polar surface area (TPSA) is 12.0 Å². The minimum Gasteiger partial charge on any atom is -0.376 e. The first kappa shape index (κ1) is 15.9. The molecule has 0 saturated heterocycles. The van der Waals surface area contributed by atoms with Crippen molar-refractivity contribution >= 4 is 56.4 Å². The number of halogens is 5. The molecule has 2 aromatic rings. The molecule has 0 saturated carbocycles. The number of anilines is 1. The molecule has 6 heteroatoms. The number of nitrogens with one attached hydrogen (secondary N) is 1. The molecule has 0 heterocycles. The standard InChI is InChI=1S/C14H10BrCl3FN/c1-7(8-2-3-11(16)12(17)4-8)20-14-10(15)5-9(19)6-13(14)18/h2-7,20H,1H3. The Bertz CT molecular complexity index is 625. The summed E-state index contributed by atoms with van der Waals surface area (Å²) in [6.07, 6.45) is 0. The maximum absolute atomic E-state index is 13.2. The molecule has 1 atom stereocenters. The van der Waals surface area contributed by atoms with E-state index in [1.807, 2.05) is 13.0 Å². The molecule has 0 aliphatic rings. The highest BCUT2D eigenvalue weighted by Gasteiger charge is 2.13. The van der Waals surface area contributed by atoms with Gasteiger partial charge < -0.3 is 5.32 Å². The number of hydrogen-bond acceptors (Lipinski definition) is 1. The summed E-state index contributed by atoms with van der Waals surface area (Å²) in [7, 11) is 0. The molecule has 0 aliphatic carbocycles. The summed E-state index contributed by atoms with van der Waals surface area (Å²) in [4.78, 5) is 0. The average Bonchev–Trinajstić information content (AvgIpc) is 2.36. The Kier molecular flexibility index (Phi) is 5.19. The second-order valence-electron chi connectivity index (χ2n) is 4.28. The molecule has 0 aliphatic heterocycles. The van der Waals surface area contributed by atoms with Crippen LogP contribution >= 0.6 is 50.7 Å². The molecule has 0 amide bonds. The molecule has 1 N–H and O–H groups in total. The van der Waals surface area contributed by atoms with Crippen LogP contribution in [0.4, 0.5) is 10.1 Å². The highest BCUT2D eigenvalue weighted by Crippen LogP contribution is 2.35. The quantitative estimate of drug-likeness (QED) is 0.606. The van der Waals surface area contributed by atoms with Crippen molar-refractivity contribution in [3.63, 3.8) is 0 Å². The Morgan fingerprint density at radius 1 is 1.05 bits per heavy atom. The fraction of sp³-hybridized carbons (Fsp3) is 0.143. The van der Waals surface area contributed by atoms with E-state index >= 15 is 0 Å². The first-order chi connectivity index (χ1) is 9.38. The third kappa shape index (κ3) is 3.59. The van der Waals surface area contributed by atoms with Gasteiger partial charge in [0.1, 0.15) is 5.82 Å². The van der Waals surface area contributed by atoms with Crippen LogP contribution in [-0.2, 0) is 0 Å². The lowest BCUT2D eigenvalue weighted by molar-refractivity contribution is 0.627. The van der Waals surface area contributed by atoms with Gasteiger partial charge in [-0.05, 0) is 52.7 Å². The van der Waals surface area contributed by atoms with E-state index in [9.17, 15) is 4.39 Å². The van der Waals surface area contributed by atoms with Gasteiger partial charge in [-0.25, -0.2) is 4.39 Å². The smallest absolute Gasteiger partial charge is 0.125 e. The predicted molar refractivity (Wildman–Crippen MR) is 87.6 cm³/mol. The fourth-order valence-electron chi connectivity index (χ4n) is 1.76. The predicted octanol–water partition coefficient (Wildman–Crippen LogP) is 6.72. The third-order valence-corrected chi connectivity index (χ3v) is 4.47. The van der Waals surface area contributed by atoms with Crippen LogP contribution in [0.15, 0.2) is 34.8 Å².